The molecular weight excluding hydrogens is 286 g/mol. The van der Waals surface area contributed by atoms with Crippen LogP contribution in [0.4, 0.5) is 17.5 Å². The number of benzene rings is 1. The lowest BCUT2D eigenvalue weighted by atomic mass is 10.3. The lowest BCUT2D eigenvalue weighted by Crippen LogP contribution is -2.27. The van der Waals surface area contributed by atoms with Crippen molar-refractivity contribution in [2.45, 2.75) is 26.7 Å². The minimum atomic E-state index is 0.665. The maximum atomic E-state index is 5.88. The fourth-order valence-corrected chi connectivity index (χ4v) is 2.15. The molecule has 0 spiro atoms. The van der Waals surface area contributed by atoms with E-state index in [1.165, 1.54) is 0 Å². The Morgan fingerprint density at radius 2 is 1.76 bits per heavy atom. The molecule has 0 saturated carbocycles. The van der Waals surface area contributed by atoms with Gasteiger partial charge in [-0.3, -0.25) is 0 Å². The Hall–Kier alpha value is -1.88. The van der Waals surface area contributed by atoms with Gasteiger partial charge in [-0.15, -0.1) is 5.10 Å². The molecule has 0 aliphatic carbocycles. The van der Waals surface area contributed by atoms with Crippen molar-refractivity contribution in [3.63, 3.8) is 0 Å². The molecule has 0 atom stereocenters. The summed E-state index contributed by atoms with van der Waals surface area (Å²) in [4.78, 5) is 6.69. The van der Waals surface area contributed by atoms with Crippen molar-refractivity contribution in [2.24, 2.45) is 0 Å². The highest BCUT2D eigenvalue weighted by Gasteiger charge is 2.09. The summed E-state index contributed by atoms with van der Waals surface area (Å²) in [5.74, 6) is 1.34. The molecule has 0 aliphatic rings. The van der Waals surface area contributed by atoms with Crippen LogP contribution in [0.5, 0.6) is 0 Å². The average Bonchev–Trinajstić information content (AvgIpc) is 2.50. The van der Waals surface area contributed by atoms with E-state index >= 15 is 0 Å². The van der Waals surface area contributed by atoms with Gasteiger partial charge in [0.25, 0.3) is 0 Å². The highest BCUT2D eigenvalue weighted by molar-refractivity contribution is 6.30. The minimum Gasteiger partial charge on any atom is -0.339 e. The number of halogens is 1. The van der Waals surface area contributed by atoms with E-state index in [-0.39, 0.29) is 0 Å². The SMILES string of the molecule is CCCN(CCC)c1nncc(Nc2ccc(Cl)cc2)n1. The van der Waals surface area contributed by atoms with Gasteiger partial charge >= 0.3 is 0 Å². The lowest BCUT2D eigenvalue weighted by Gasteiger charge is -2.20. The second-order valence-corrected chi connectivity index (χ2v) is 5.20. The molecule has 2 aromatic rings. The Morgan fingerprint density at radius 3 is 2.38 bits per heavy atom. The molecule has 0 radical (unpaired) electrons. The molecule has 2 rings (SSSR count). The summed E-state index contributed by atoms with van der Waals surface area (Å²) in [6.45, 7) is 6.15. The van der Waals surface area contributed by atoms with Gasteiger partial charge in [0.05, 0.1) is 6.20 Å². The van der Waals surface area contributed by atoms with E-state index in [1.807, 2.05) is 24.3 Å². The van der Waals surface area contributed by atoms with Crippen LogP contribution >= 0.6 is 11.6 Å². The first-order valence-electron chi connectivity index (χ1n) is 7.20. The molecule has 0 bridgehead atoms. The van der Waals surface area contributed by atoms with Gasteiger partial charge < -0.3 is 10.2 Å². The van der Waals surface area contributed by atoms with Crippen LogP contribution in [0.1, 0.15) is 26.7 Å². The van der Waals surface area contributed by atoms with E-state index in [0.717, 1.165) is 31.6 Å². The van der Waals surface area contributed by atoms with E-state index < -0.39 is 0 Å². The maximum absolute atomic E-state index is 5.88. The molecule has 1 heterocycles. The molecule has 0 fully saturated rings. The first-order valence-corrected chi connectivity index (χ1v) is 7.58. The number of nitrogens with zero attached hydrogens (tertiary/aromatic N) is 4. The summed E-state index contributed by atoms with van der Waals surface area (Å²) in [5, 5.41) is 12.1. The van der Waals surface area contributed by atoms with Crippen molar-refractivity contribution in [2.75, 3.05) is 23.3 Å². The zero-order chi connectivity index (χ0) is 15.1. The normalized spacial score (nSPS) is 10.4. The van der Waals surface area contributed by atoms with Gasteiger partial charge in [-0.1, -0.05) is 25.4 Å². The summed E-state index contributed by atoms with van der Waals surface area (Å²) in [6.07, 6.45) is 3.73. The van der Waals surface area contributed by atoms with Gasteiger partial charge in [-0.2, -0.15) is 10.1 Å². The molecule has 21 heavy (non-hydrogen) atoms. The number of nitrogens with one attached hydrogen (secondary N) is 1. The van der Waals surface area contributed by atoms with Crippen LogP contribution in [0.15, 0.2) is 30.5 Å². The first kappa shape index (κ1) is 15.5. The lowest BCUT2D eigenvalue weighted by molar-refractivity contribution is 0.711. The number of hydrogen-bond donors (Lipinski definition) is 1. The zero-order valence-electron chi connectivity index (χ0n) is 12.4. The summed E-state index contributed by atoms with van der Waals surface area (Å²) in [7, 11) is 0. The van der Waals surface area contributed by atoms with E-state index in [0.29, 0.717) is 16.8 Å². The predicted molar refractivity (Wildman–Crippen MR) is 87.4 cm³/mol. The topological polar surface area (TPSA) is 53.9 Å². The van der Waals surface area contributed by atoms with Gasteiger partial charge in [0.1, 0.15) is 0 Å². The van der Waals surface area contributed by atoms with Crippen LogP contribution in [-0.2, 0) is 0 Å². The third-order valence-electron chi connectivity index (χ3n) is 2.93. The molecule has 0 aliphatic heterocycles. The quantitative estimate of drug-likeness (QED) is 0.841. The second kappa shape index (κ2) is 7.78. The summed E-state index contributed by atoms with van der Waals surface area (Å²) in [5.41, 5.74) is 0.920. The van der Waals surface area contributed by atoms with Crippen molar-refractivity contribution in [3.8, 4) is 0 Å². The monoisotopic (exact) mass is 305 g/mol. The molecule has 0 unspecified atom stereocenters. The largest absolute Gasteiger partial charge is 0.339 e. The van der Waals surface area contributed by atoms with Crippen LogP contribution in [0.25, 0.3) is 0 Å². The van der Waals surface area contributed by atoms with Gasteiger partial charge in [0.2, 0.25) is 5.95 Å². The first-order chi connectivity index (χ1) is 10.2. The predicted octanol–water partition coefficient (Wildman–Crippen LogP) is 3.90. The zero-order valence-corrected chi connectivity index (χ0v) is 13.1. The molecule has 6 heteroatoms. The van der Waals surface area contributed by atoms with Crippen molar-refractivity contribution in [3.05, 3.63) is 35.5 Å². The summed E-state index contributed by atoms with van der Waals surface area (Å²) >= 11 is 5.88. The van der Waals surface area contributed by atoms with Gasteiger partial charge in [0.15, 0.2) is 5.82 Å². The Kier molecular flexibility index (Phi) is 5.75. The van der Waals surface area contributed by atoms with Crippen LogP contribution < -0.4 is 10.2 Å². The number of hydrogen-bond acceptors (Lipinski definition) is 5. The number of rotatable bonds is 7. The number of anilines is 3. The van der Waals surface area contributed by atoms with E-state index in [2.05, 4.69) is 39.2 Å². The van der Waals surface area contributed by atoms with E-state index in [4.69, 9.17) is 11.6 Å². The summed E-state index contributed by atoms with van der Waals surface area (Å²) in [6, 6.07) is 7.47. The average molecular weight is 306 g/mol. The number of aromatic nitrogens is 3. The van der Waals surface area contributed by atoms with Crippen molar-refractivity contribution in [1.29, 1.82) is 0 Å². The molecule has 1 N–H and O–H groups in total. The van der Waals surface area contributed by atoms with Gasteiger partial charge in [0, 0.05) is 23.8 Å². The third-order valence-corrected chi connectivity index (χ3v) is 3.19. The molecule has 0 saturated heterocycles. The molecule has 1 aromatic carbocycles. The van der Waals surface area contributed by atoms with Gasteiger partial charge in [-0.25, -0.2) is 0 Å². The smallest absolute Gasteiger partial charge is 0.247 e. The van der Waals surface area contributed by atoms with Crippen molar-refractivity contribution in [1.82, 2.24) is 15.2 Å². The Morgan fingerprint density at radius 1 is 1.10 bits per heavy atom. The fraction of sp³-hybridized carbons (Fsp3) is 0.400. The van der Waals surface area contributed by atoms with Crippen molar-refractivity contribution < 1.29 is 0 Å². The second-order valence-electron chi connectivity index (χ2n) is 4.76. The van der Waals surface area contributed by atoms with Crippen LogP contribution in [0.3, 0.4) is 0 Å². The van der Waals surface area contributed by atoms with E-state index in [9.17, 15) is 0 Å². The van der Waals surface area contributed by atoms with Crippen molar-refractivity contribution >= 4 is 29.1 Å². The van der Waals surface area contributed by atoms with Gasteiger partial charge in [-0.05, 0) is 37.1 Å². The molecule has 112 valence electrons. The van der Waals surface area contributed by atoms with E-state index in [1.54, 1.807) is 6.20 Å². The minimum absolute atomic E-state index is 0.665. The Bertz CT molecular complexity index is 552. The Labute approximate surface area is 130 Å². The molecular formula is C15H20ClN5. The summed E-state index contributed by atoms with van der Waals surface area (Å²) < 4.78 is 0. The molecule has 5 nitrogen and oxygen atoms in total. The molecule has 0 amide bonds. The highest BCUT2D eigenvalue weighted by Crippen LogP contribution is 2.18. The maximum Gasteiger partial charge on any atom is 0.247 e. The molecule has 1 aromatic heterocycles. The fourth-order valence-electron chi connectivity index (χ4n) is 2.02. The standard InChI is InChI=1S/C15H20ClN5/c1-3-9-21(10-4-2)15-19-14(11-17-20-15)18-13-7-5-12(16)6-8-13/h5-8,11H,3-4,9-10H2,1-2H3,(H,18,19,20). The Balaban J connectivity index is 2.14. The van der Waals surface area contributed by atoms with Crippen LogP contribution in [0.2, 0.25) is 5.02 Å². The highest BCUT2D eigenvalue weighted by atomic mass is 35.5. The van der Waals surface area contributed by atoms with Crippen LogP contribution in [-0.4, -0.2) is 28.3 Å². The van der Waals surface area contributed by atoms with Crippen LogP contribution in [0, 0.1) is 0 Å². The third kappa shape index (κ3) is 4.56.